The largest absolute Gasteiger partial charge is 0.370 e. The van der Waals surface area contributed by atoms with Gasteiger partial charge in [-0.2, -0.15) is 4.99 Å². The van der Waals surface area contributed by atoms with E-state index in [1.165, 1.54) is 12.1 Å². The number of aliphatic imine (C=N–C) groups is 1. The predicted molar refractivity (Wildman–Crippen MR) is 81.3 cm³/mol. The van der Waals surface area contributed by atoms with Crippen LogP contribution >= 0.6 is 11.3 Å². The fourth-order valence-corrected chi connectivity index (χ4v) is 3.57. The van der Waals surface area contributed by atoms with E-state index in [0.717, 1.165) is 11.3 Å². The minimum Gasteiger partial charge on any atom is -0.370 e. The summed E-state index contributed by atoms with van der Waals surface area (Å²) in [6.07, 6.45) is 0. The van der Waals surface area contributed by atoms with Gasteiger partial charge in [-0.1, -0.05) is 12.1 Å². The number of carbonyl (C=O) groups is 1. The van der Waals surface area contributed by atoms with Crippen molar-refractivity contribution < 1.29 is 13.2 Å². The van der Waals surface area contributed by atoms with Crippen molar-refractivity contribution in [1.82, 2.24) is 0 Å². The number of hydrogen-bond acceptors (Lipinski definition) is 4. The number of nitrogens with two attached hydrogens (primary N) is 3. The monoisotopic (exact) mass is 324 g/mol. The van der Waals surface area contributed by atoms with Crippen LogP contribution in [-0.2, 0) is 10.0 Å². The molecule has 2 aromatic rings. The second kappa shape index (κ2) is 5.64. The number of hydrogen-bond donors (Lipinski definition) is 3. The number of primary sulfonamides is 1. The first-order valence-electron chi connectivity index (χ1n) is 5.64. The number of sulfonamides is 1. The minimum atomic E-state index is -3.82. The highest BCUT2D eigenvalue weighted by Crippen LogP contribution is 2.31. The Balaban J connectivity index is 2.51. The topological polar surface area (TPSA) is 142 Å². The molecule has 0 radical (unpaired) electrons. The second-order valence-corrected chi connectivity index (χ2v) is 6.76. The molecule has 0 saturated heterocycles. The third-order valence-electron chi connectivity index (χ3n) is 2.54. The van der Waals surface area contributed by atoms with Gasteiger partial charge in [0.2, 0.25) is 10.0 Å². The third-order valence-corrected chi connectivity index (χ3v) is 4.97. The van der Waals surface area contributed by atoms with Crippen LogP contribution in [0.5, 0.6) is 0 Å². The summed E-state index contributed by atoms with van der Waals surface area (Å²) in [6, 6.07) is 7.93. The van der Waals surface area contributed by atoms with Gasteiger partial charge in [-0.3, -0.25) is 4.79 Å². The maximum Gasteiger partial charge on any atom is 0.280 e. The standard InChI is InChI=1S/C12H12N4O3S2/c13-12(14)16-10(17)8-3-1-2-7(6-8)9-4-5-20-11(9)21(15,18)19/h1-6H,(H2,15,18,19)(H4,13,14,16,17). The average Bonchev–Trinajstić information content (AvgIpc) is 2.87. The quantitative estimate of drug-likeness (QED) is 0.556. The normalized spacial score (nSPS) is 11.1. The Hall–Kier alpha value is -2.23. The van der Waals surface area contributed by atoms with Crippen molar-refractivity contribution in [2.75, 3.05) is 0 Å². The maximum atomic E-state index is 11.8. The van der Waals surface area contributed by atoms with Crippen LogP contribution in [-0.4, -0.2) is 20.3 Å². The zero-order valence-corrected chi connectivity index (χ0v) is 12.3. The van der Waals surface area contributed by atoms with Crippen molar-refractivity contribution in [2.45, 2.75) is 4.21 Å². The molecule has 0 aliphatic rings. The SMILES string of the molecule is NC(N)=NC(=O)c1cccc(-c2ccsc2S(N)(=O)=O)c1. The number of benzene rings is 1. The molecule has 1 amide bonds. The van der Waals surface area contributed by atoms with Crippen LogP contribution in [0.2, 0.25) is 0 Å². The van der Waals surface area contributed by atoms with Crippen LogP contribution in [0.25, 0.3) is 11.1 Å². The molecule has 7 nitrogen and oxygen atoms in total. The molecule has 1 aromatic carbocycles. The highest BCUT2D eigenvalue weighted by molar-refractivity contribution is 7.91. The van der Waals surface area contributed by atoms with Gasteiger partial charge < -0.3 is 11.5 Å². The van der Waals surface area contributed by atoms with Crippen LogP contribution in [0.4, 0.5) is 0 Å². The molecule has 0 spiro atoms. The molecule has 21 heavy (non-hydrogen) atoms. The van der Waals surface area contributed by atoms with E-state index in [0.29, 0.717) is 11.1 Å². The Morgan fingerprint density at radius 3 is 2.52 bits per heavy atom. The molecule has 6 N–H and O–H groups in total. The first kappa shape index (κ1) is 15.2. The molecule has 0 bridgehead atoms. The third kappa shape index (κ3) is 3.45. The molecule has 0 aliphatic heterocycles. The lowest BCUT2D eigenvalue weighted by molar-refractivity contribution is 0.100. The summed E-state index contributed by atoms with van der Waals surface area (Å²) in [6.45, 7) is 0. The molecular weight excluding hydrogens is 312 g/mol. The fourth-order valence-electron chi connectivity index (χ4n) is 1.73. The molecule has 0 atom stereocenters. The molecular formula is C12H12N4O3S2. The smallest absolute Gasteiger partial charge is 0.280 e. The summed E-state index contributed by atoms with van der Waals surface area (Å²) in [7, 11) is -3.82. The van der Waals surface area contributed by atoms with Crippen LogP contribution < -0.4 is 16.6 Å². The van der Waals surface area contributed by atoms with E-state index in [9.17, 15) is 13.2 Å². The zero-order chi connectivity index (χ0) is 15.6. The number of thiophene rings is 1. The number of rotatable bonds is 3. The molecule has 0 aliphatic carbocycles. The Morgan fingerprint density at radius 2 is 1.90 bits per heavy atom. The van der Waals surface area contributed by atoms with Crippen LogP contribution in [0.3, 0.4) is 0 Å². The lowest BCUT2D eigenvalue weighted by atomic mass is 10.1. The van der Waals surface area contributed by atoms with Crippen LogP contribution in [0.15, 0.2) is 44.9 Å². The van der Waals surface area contributed by atoms with Crippen molar-refractivity contribution in [3.63, 3.8) is 0 Å². The van der Waals surface area contributed by atoms with Crippen molar-refractivity contribution in [3.05, 3.63) is 41.3 Å². The van der Waals surface area contributed by atoms with Gasteiger partial charge in [0.1, 0.15) is 4.21 Å². The van der Waals surface area contributed by atoms with Gasteiger partial charge in [-0.15, -0.1) is 11.3 Å². The van der Waals surface area contributed by atoms with Gasteiger partial charge in [0.05, 0.1) is 0 Å². The molecule has 110 valence electrons. The first-order valence-corrected chi connectivity index (χ1v) is 8.06. The summed E-state index contributed by atoms with van der Waals surface area (Å²) in [5.74, 6) is -0.949. The predicted octanol–water partition coefficient (Wildman–Crippen LogP) is 0.476. The Labute approximate surface area is 125 Å². The maximum absolute atomic E-state index is 11.8. The van der Waals surface area contributed by atoms with Crippen molar-refractivity contribution in [1.29, 1.82) is 0 Å². The van der Waals surface area contributed by atoms with Gasteiger partial charge in [0, 0.05) is 11.1 Å². The zero-order valence-electron chi connectivity index (χ0n) is 10.7. The summed E-state index contributed by atoms with van der Waals surface area (Å²) in [5.41, 5.74) is 11.5. The van der Waals surface area contributed by atoms with E-state index in [1.807, 2.05) is 0 Å². The van der Waals surface area contributed by atoms with E-state index in [-0.39, 0.29) is 15.7 Å². The van der Waals surface area contributed by atoms with E-state index in [4.69, 9.17) is 16.6 Å². The summed E-state index contributed by atoms with van der Waals surface area (Å²) < 4.78 is 23.1. The van der Waals surface area contributed by atoms with E-state index < -0.39 is 15.9 Å². The Morgan fingerprint density at radius 1 is 1.19 bits per heavy atom. The number of carbonyl (C=O) groups excluding carboxylic acids is 1. The van der Waals surface area contributed by atoms with Crippen LogP contribution in [0, 0.1) is 0 Å². The summed E-state index contributed by atoms with van der Waals surface area (Å²) in [4.78, 5) is 15.2. The van der Waals surface area contributed by atoms with Gasteiger partial charge in [-0.05, 0) is 29.1 Å². The summed E-state index contributed by atoms with van der Waals surface area (Å²) >= 11 is 1.01. The molecule has 2 rings (SSSR count). The molecule has 1 aromatic heterocycles. The van der Waals surface area contributed by atoms with Gasteiger partial charge in [0.15, 0.2) is 5.96 Å². The van der Waals surface area contributed by atoms with E-state index >= 15 is 0 Å². The van der Waals surface area contributed by atoms with Crippen molar-refractivity contribution in [2.24, 2.45) is 21.6 Å². The number of nitrogens with zero attached hydrogens (tertiary/aromatic N) is 1. The molecule has 9 heteroatoms. The summed E-state index contributed by atoms with van der Waals surface area (Å²) in [5, 5.41) is 6.77. The Kier molecular flexibility index (Phi) is 4.07. The highest BCUT2D eigenvalue weighted by Gasteiger charge is 2.17. The lowest BCUT2D eigenvalue weighted by Crippen LogP contribution is -2.24. The van der Waals surface area contributed by atoms with Gasteiger partial charge >= 0.3 is 0 Å². The van der Waals surface area contributed by atoms with E-state index in [2.05, 4.69) is 4.99 Å². The Bertz CT molecular complexity index is 821. The average molecular weight is 324 g/mol. The second-order valence-electron chi connectivity index (χ2n) is 4.09. The van der Waals surface area contributed by atoms with Gasteiger partial charge in [0.25, 0.3) is 5.91 Å². The molecule has 1 heterocycles. The van der Waals surface area contributed by atoms with E-state index in [1.54, 1.807) is 23.6 Å². The lowest BCUT2D eigenvalue weighted by Gasteiger charge is -2.04. The van der Waals surface area contributed by atoms with Crippen molar-refractivity contribution in [3.8, 4) is 11.1 Å². The number of amides is 1. The first-order chi connectivity index (χ1) is 9.79. The highest BCUT2D eigenvalue weighted by atomic mass is 32.2. The molecule has 0 unspecified atom stereocenters. The minimum absolute atomic E-state index is 0.0361. The molecule has 0 fully saturated rings. The van der Waals surface area contributed by atoms with Gasteiger partial charge in [-0.25, -0.2) is 13.6 Å². The molecule has 0 saturated carbocycles. The van der Waals surface area contributed by atoms with Crippen LogP contribution in [0.1, 0.15) is 10.4 Å². The number of guanidine groups is 1. The fraction of sp³-hybridized carbons (Fsp3) is 0. The van der Waals surface area contributed by atoms with Crippen molar-refractivity contribution >= 4 is 33.2 Å².